The minimum atomic E-state index is -0.859. The molecule has 2 N–H and O–H groups in total. The summed E-state index contributed by atoms with van der Waals surface area (Å²) in [7, 11) is 1.27. The lowest BCUT2D eigenvalue weighted by Gasteiger charge is -2.36. The minimum Gasteiger partial charge on any atom is -0.466 e. The zero-order chi connectivity index (χ0) is 21.4. The van der Waals surface area contributed by atoms with Crippen molar-refractivity contribution in [3.63, 3.8) is 0 Å². The van der Waals surface area contributed by atoms with Gasteiger partial charge in [-0.25, -0.2) is 4.79 Å². The molecule has 0 saturated carbocycles. The molecule has 29 heavy (non-hydrogen) atoms. The van der Waals surface area contributed by atoms with E-state index in [1.165, 1.54) is 36.3 Å². The van der Waals surface area contributed by atoms with Gasteiger partial charge in [-0.05, 0) is 42.9 Å². The van der Waals surface area contributed by atoms with Crippen molar-refractivity contribution in [1.29, 1.82) is 0 Å². The summed E-state index contributed by atoms with van der Waals surface area (Å²) < 4.78 is 9.66. The number of methoxy groups -OCH3 is 1. The standard InChI is InChI=1S/C19H23N3O6S/c1-3-10-28-15(23)11-14-17(25)20-8-9-22(14)19(29)21-16(24)12-4-6-13(7-5-12)18(26)27-2/h4-7,14H,3,8-11H2,1-2H3,(H,20,25)(H,21,24,29). The van der Waals surface area contributed by atoms with Crippen molar-refractivity contribution in [2.45, 2.75) is 25.8 Å². The Kier molecular flexibility index (Phi) is 8.08. The van der Waals surface area contributed by atoms with Gasteiger partial charge >= 0.3 is 11.9 Å². The summed E-state index contributed by atoms with van der Waals surface area (Å²) in [5.74, 6) is -1.87. The number of ether oxygens (including phenoxy) is 2. The fourth-order valence-electron chi connectivity index (χ4n) is 2.71. The van der Waals surface area contributed by atoms with Crippen molar-refractivity contribution in [3.05, 3.63) is 35.4 Å². The van der Waals surface area contributed by atoms with E-state index in [2.05, 4.69) is 15.4 Å². The van der Waals surface area contributed by atoms with E-state index in [1.54, 1.807) is 0 Å². The third kappa shape index (κ3) is 5.98. The first-order valence-electron chi connectivity index (χ1n) is 9.11. The highest BCUT2D eigenvalue weighted by molar-refractivity contribution is 7.80. The summed E-state index contributed by atoms with van der Waals surface area (Å²) in [6, 6.07) is 5.00. The molecular weight excluding hydrogens is 398 g/mol. The molecule has 1 aliphatic rings. The van der Waals surface area contributed by atoms with Gasteiger partial charge in [0.25, 0.3) is 5.91 Å². The van der Waals surface area contributed by atoms with E-state index in [0.717, 1.165) is 0 Å². The lowest BCUT2D eigenvalue weighted by molar-refractivity contribution is -0.147. The first-order chi connectivity index (χ1) is 13.9. The molecule has 0 aliphatic carbocycles. The molecule has 1 aromatic rings. The van der Waals surface area contributed by atoms with Crippen molar-refractivity contribution in [2.75, 3.05) is 26.8 Å². The number of carbonyl (C=O) groups is 4. The minimum absolute atomic E-state index is 0.0372. The smallest absolute Gasteiger partial charge is 0.337 e. The molecule has 1 aliphatic heterocycles. The molecule has 1 unspecified atom stereocenters. The first kappa shape index (κ1) is 22.3. The Labute approximate surface area is 173 Å². The fourth-order valence-corrected chi connectivity index (χ4v) is 3.02. The van der Waals surface area contributed by atoms with E-state index in [4.69, 9.17) is 17.0 Å². The van der Waals surface area contributed by atoms with Gasteiger partial charge in [0.2, 0.25) is 5.91 Å². The molecule has 0 spiro atoms. The Morgan fingerprint density at radius 2 is 1.90 bits per heavy atom. The molecule has 0 bridgehead atoms. The molecule has 1 saturated heterocycles. The zero-order valence-electron chi connectivity index (χ0n) is 16.2. The van der Waals surface area contributed by atoms with Crippen LogP contribution in [0.1, 0.15) is 40.5 Å². The summed E-state index contributed by atoms with van der Waals surface area (Å²) in [4.78, 5) is 49.6. The van der Waals surface area contributed by atoms with Crippen LogP contribution in [-0.2, 0) is 19.1 Å². The van der Waals surface area contributed by atoms with Crippen molar-refractivity contribution < 1.29 is 28.7 Å². The number of hydrogen-bond acceptors (Lipinski definition) is 7. The lowest BCUT2D eigenvalue weighted by Crippen LogP contribution is -2.60. The number of nitrogens with zero attached hydrogens (tertiary/aromatic N) is 1. The fraction of sp³-hybridized carbons (Fsp3) is 0.421. The van der Waals surface area contributed by atoms with Crippen LogP contribution in [0.25, 0.3) is 0 Å². The normalized spacial score (nSPS) is 15.9. The average molecular weight is 421 g/mol. The van der Waals surface area contributed by atoms with Gasteiger partial charge < -0.3 is 19.7 Å². The Bertz CT molecular complexity index is 796. The van der Waals surface area contributed by atoms with Crippen LogP contribution in [0, 0.1) is 0 Å². The number of carbonyl (C=O) groups excluding carboxylic acids is 4. The van der Waals surface area contributed by atoms with E-state index in [0.29, 0.717) is 25.1 Å². The number of rotatable bonds is 6. The molecule has 156 valence electrons. The topological polar surface area (TPSA) is 114 Å². The number of esters is 2. The van der Waals surface area contributed by atoms with Gasteiger partial charge in [0.1, 0.15) is 6.04 Å². The van der Waals surface area contributed by atoms with Gasteiger partial charge in [-0.3, -0.25) is 19.7 Å². The SMILES string of the molecule is CCCOC(=O)CC1C(=O)NCCN1C(=S)NC(=O)c1ccc(C(=O)OC)cc1. The highest BCUT2D eigenvalue weighted by Gasteiger charge is 2.34. The molecule has 1 aromatic carbocycles. The van der Waals surface area contributed by atoms with Gasteiger partial charge in [0.15, 0.2) is 5.11 Å². The van der Waals surface area contributed by atoms with Gasteiger partial charge in [0.05, 0.1) is 25.7 Å². The number of amides is 2. The molecule has 1 fully saturated rings. The predicted octanol–water partition coefficient (Wildman–Crippen LogP) is 0.632. The second-order valence-electron chi connectivity index (χ2n) is 6.25. The van der Waals surface area contributed by atoms with Crippen LogP contribution in [-0.4, -0.2) is 66.6 Å². The summed E-state index contributed by atoms with van der Waals surface area (Å²) in [6.45, 7) is 2.83. The number of piperazine rings is 1. The van der Waals surface area contributed by atoms with E-state index >= 15 is 0 Å². The second kappa shape index (κ2) is 10.5. The van der Waals surface area contributed by atoms with Crippen molar-refractivity contribution in [2.24, 2.45) is 0 Å². The zero-order valence-corrected chi connectivity index (χ0v) is 17.0. The average Bonchev–Trinajstić information content (AvgIpc) is 2.73. The van der Waals surface area contributed by atoms with Crippen LogP contribution in [0.2, 0.25) is 0 Å². The third-order valence-corrected chi connectivity index (χ3v) is 4.54. The van der Waals surface area contributed by atoms with Gasteiger partial charge in [-0.1, -0.05) is 6.92 Å². The third-order valence-electron chi connectivity index (χ3n) is 4.21. The highest BCUT2D eigenvalue weighted by Crippen LogP contribution is 2.12. The summed E-state index contributed by atoms with van der Waals surface area (Å²) >= 11 is 5.29. The Morgan fingerprint density at radius 3 is 2.52 bits per heavy atom. The maximum Gasteiger partial charge on any atom is 0.337 e. The van der Waals surface area contributed by atoms with Crippen LogP contribution in [0.15, 0.2) is 24.3 Å². The molecule has 2 rings (SSSR count). The second-order valence-corrected chi connectivity index (χ2v) is 6.64. The van der Waals surface area contributed by atoms with Crippen LogP contribution in [0.4, 0.5) is 0 Å². The lowest BCUT2D eigenvalue weighted by atomic mass is 10.1. The Hall–Kier alpha value is -3.01. The van der Waals surface area contributed by atoms with Crippen LogP contribution < -0.4 is 10.6 Å². The molecular formula is C19H23N3O6S. The predicted molar refractivity (Wildman–Crippen MR) is 107 cm³/mol. The monoisotopic (exact) mass is 421 g/mol. The quantitative estimate of drug-likeness (QED) is 0.508. The number of hydrogen-bond donors (Lipinski definition) is 2. The number of thiocarbonyl (C=S) groups is 1. The summed E-state index contributed by atoms with van der Waals surface area (Å²) in [5, 5.41) is 5.28. The van der Waals surface area contributed by atoms with Crippen molar-refractivity contribution in [1.82, 2.24) is 15.5 Å². The maximum absolute atomic E-state index is 12.5. The van der Waals surface area contributed by atoms with Gasteiger partial charge in [0, 0.05) is 18.7 Å². The molecule has 0 aromatic heterocycles. The van der Waals surface area contributed by atoms with Crippen LogP contribution in [0.3, 0.4) is 0 Å². The van der Waals surface area contributed by atoms with Crippen molar-refractivity contribution >= 4 is 41.1 Å². The highest BCUT2D eigenvalue weighted by atomic mass is 32.1. The summed E-state index contributed by atoms with van der Waals surface area (Å²) in [5.41, 5.74) is 0.588. The van der Waals surface area contributed by atoms with Crippen LogP contribution in [0.5, 0.6) is 0 Å². The maximum atomic E-state index is 12.5. The first-order valence-corrected chi connectivity index (χ1v) is 9.51. The molecule has 1 heterocycles. The molecule has 9 nitrogen and oxygen atoms in total. The van der Waals surface area contributed by atoms with E-state index in [9.17, 15) is 19.2 Å². The number of nitrogens with one attached hydrogen (secondary N) is 2. The summed E-state index contributed by atoms with van der Waals surface area (Å²) in [6.07, 6.45) is 0.505. The number of benzene rings is 1. The van der Waals surface area contributed by atoms with E-state index < -0.39 is 23.9 Å². The Balaban J connectivity index is 2.04. The molecule has 10 heteroatoms. The van der Waals surface area contributed by atoms with Gasteiger partial charge in [-0.2, -0.15) is 0 Å². The molecule has 1 atom stereocenters. The largest absolute Gasteiger partial charge is 0.466 e. The Morgan fingerprint density at radius 1 is 1.24 bits per heavy atom. The van der Waals surface area contributed by atoms with E-state index in [-0.39, 0.29) is 29.6 Å². The van der Waals surface area contributed by atoms with E-state index in [1.807, 2.05) is 6.92 Å². The van der Waals surface area contributed by atoms with Crippen molar-refractivity contribution in [3.8, 4) is 0 Å². The van der Waals surface area contributed by atoms with Gasteiger partial charge in [-0.15, -0.1) is 0 Å². The van der Waals surface area contributed by atoms with Crippen LogP contribution >= 0.6 is 12.2 Å². The molecule has 2 amide bonds. The molecule has 0 radical (unpaired) electrons.